The van der Waals surface area contributed by atoms with Crippen LogP contribution in [0.5, 0.6) is 0 Å². The van der Waals surface area contributed by atoms with Crippen molar-refractivity contribution in [2.45, 2.75) is 38.8 Å². The minimum Gasteiger partial charge on any atom is -0.480 e. The maximum atomic E-state index is 10.8. The fourth-order valence-corrected chi connectivity index (χ4v) is 1.37. The van der Waals surface area contributed by atoms with E-state index >= 15 is 0 Å². The highest BCUT2D eigenvalue weighted by atomic mass is 16.4. The zero-order chi connectivity index (χ0) is 10.7. The Bertz CT molecular complexity index is 202. The van der Waals surface area contributed by atoms with Crippen molar-refractivity contribution in [2.24, 2.45) is 11.8 Å². The van der Waals surface area contributed by atoms with Gasteiger partial charge in [-0.25, -0.2) is 0 Å². The third-order valence-electron chi connectivity index (χ3n) is 2.68. The van der Waals surface area contributed by atoms with E-state index in [0.717, 1.165) is 12.8 Å². The monoisotopic (exact) mass is 201 g/mol. The summed E-state index contributed by atoms with van der Waals surface area (Å²) < 4.78 is 0. The lowest BCUT2D eigenvalue weighted by Crippen LogP contribution is -2.43. The van der Waals surface area contributed by atoms with Gasteiger partial charge in [-0.3, -0.25) is 4.79 Å². The van der Waals surface area contributed by atoms with Crippen LogP contribution in [-0.2, 0) is 4.79 Å². The molecule has 3 N–H and O–H groups in total. The van der Waals surface area contributed by atoms with Gasteiger partial charge in [0.1, 0.15) is 6.04 Å². The highest BCUT2D eigenvalue weighted by molar-refractivity contribution is 5.74. The Kier molecular flexibility index (Phi) is 3.89. The number of aliphatic hydroxyl groups is 1. The van der Waals surface area contributed by atoms with Crippen molar-refractivity contribution in [1.82, 2.24) is 5.32 Å². The SMILES string of the molecule is CC(C)C(O)CNC(C(=O)O)C1CC1. The van der Waals surface area contributed by atoms with E-state index < -0.39 is 18.1 Å². The number of carbonyl (C=O) groups is 1. The minimum atomic E-state index is -0.802. The average Bonchev–Trinajstić information content (AvgIpc) is 2.87. The normalized spacial score (nSPS) is 20.9. The molecule has 14 heavy (non-hydrogen) atoms. The highest BCUT2D eigenvalue weighted by Gasteiger charge is 2.36. The molecule has 0 heterocycles. The van der Waals surface area contributed by atoms with Crippen LogP contribution in [-0.4, -0.2) is 34.9 Å². The number of hydrogen-bond acceptors (Lipinski definition) is 3. The van der Waals surface area contributed by atoms with Crippen LogP contribution >= 0.6 is 0 Å². The molecular weight excluding hydrogens is 182 g/mol. The standard InChI is InChI=1S/C10H19NO3/c1-6(2)8(12)5-11-9(10(13)14)7-3-4-7/h6-9,11-12H,3-5H2,1-2H3,(H,13,14). The minimum absolute atomic E-state index is 0.163. The summed E-state index contributed by atoms with van der Waals surface area (Å²) in [6.07, 6.45) is 1.51. The Morgan fingerprint density at radius 3 is 2.43 bits per heavy atom. The number of hydrogen-bond donors (Lipinski definition) is 3. The molecular formula is C10H19NO3. The van der Waals surface area contributed by atoms with Crippen LogP contribution in [0.2, 0.25) is 0 Å². The molecule has 1 saturated carbocycles. The Morgan fingerprint density at radius 2 is 2.07 bits per heavy atom. The van der Waals surface area contributed by atoms with Crippen LogP contribution in [0.3, 0.4) is 0 Å². The molecule has 2 unspecified atom stereocenters. The first kappa shape index (κ1) is 11.5. The fourth-order valence-electron chi connectivity index (χ4n) is 1.37. The molecule has 0 aromatic heterocycles. The third-order valence-corrected chi connectivity index (χ3v) is 2.68. The first-order chi connectivity index (χ1) is 6.52. The van der Waals surface area contributed by atoms with Crippen LogP contribution in [0.25, 0.3) is 0 Å². The van der Waals surface area contributed by atoms with Crippen LogP contribution in [0.4, 0.5) is 0 Å². The second-order valence-corrected chi connectivity index (χ2v) is 4.37. The summed E-state index contributed by atoms with van der Waals surface area (Å²) in [6.45, 7) is 4.20. The summed E-state index contributed by atoms with van der Waals surface area (Å²) in [5.74, 6) is -0.369. The summed E-state index contributed by atoms with van der Waals surface area (Å²) in [6, 6.07) is -0.469. The maximum Gasteiger partial charge on any atom is 0.320 e. The predicted molar refractivity (Wildman–Crippen MR) is 53.0 cm³/mol. The van der Waals surface area contributed by atoms with E-state index in [1.54, 1.807) is 0 Å². The molecule has 1 fully saturated rings. The van der Waals surface area contributed by atoms with E-state index in [1.165, 1.54) is 0 Å². The quantitative estimate of drug-likeness (QED) is 0.584. The third kappa shape index (κ3) is 3.27. The highest BCUT2D eigenvalue weighted by Crippen LogP contribution is 2.32. The molecule has 82 valence electrons. The molecule has 1 aliphatic rings. The largest absolute Gasteiger partial charge is 0.480 e. The topological polar surface area (TPSA) is 69.6 Å². The zero-order valence-electron chi connectivity index (χ0n) is 8.73. The van der Waals surface area contributed by atoms with Crippen LogP contribution < -0.4 is 5.32 Å². The van der Waals surface area contributed by atoms with Gasteiger partial charge in [0.25, 0.3) is 0 Å². The summed E-state index contributed by atoms with van der Waals surface area (Å²) >= 11 is 0. The Hall–Kier alpha value is -0.610. The zero-order valence-corrected chi connectivity index (χ0v) is 8.73. The molecule has 0 radical (unpaired) electrons. The predicted octanol–water partition coefficient (Wildman–Crippen LogP) is 0.456. The van der Waals surface area contributed by atoms with Gasteiger partial charge in [0.05, 0.1) is 6.10 Å². The second-order valence-electron chi connectivity index (χ2n) is 4.37. The summed E-state index contributed by atoms with van der Waals surface area (Å²) in [7, 11) is 0. The molecule has 0 amide bonds. The molecule has 0 bridgehead atoms. The summed E-state index contributed by atoms with van der Waals surface area (Å²) in [4.78, 5) is 10.8. The molecule has 0 aromatic rings. The Morgan fingerprint density at radius 1 is 1.50 bits per heavy atom. The van der Waals surface area contributed by atoms with Crippen LogP contribution in [0.1, 0.15) is 26.7 Å². The van der Waals surface area contributed by atoms with Gasteiger partial charge >= 0.3 is 5.97 Å². The van der Waals surface area contributed by atoms with Gasteiger partial charge in [0.2, 0.25) is 0 Å². The maximum absolute atomic E-state index is 10.8. The van der Waals surface area contributed by atoms with Crippen molar-refractivity contribution in [3.63, 3.8) is 0 Å². The van der Waals surface area contributed by atoms with Gasteiger partial charge in [-0.2, -0.15) is 0 Å². The van der Waals surface area contributed by atoms with Crippen molar-refractivity contribution in [1.29, 1.82) is 0 Å². The van der Waals surface area contributed by atoms with Crippen LogP contribution in [0, 0.1) is 11.8 Å². The van der Waals surface area contributed by atoms with Gasteiger partial charge in [0, 0.05) is 6.54 Å². The molecule has 1 rings (SSSR count). The number of carboxylic acid groups (broad SMARTS) is 1. The van der Waals surface area contributed by atoms with Crippen molar-refractivity contribution in [3.8, 4) is 0 Å². The van der Waals surface area contributed by atoms with E-state index in [4.69, 9.17) is 5.11 Å². The summed E-state index contributed by atoms with van der Waals surface area (Å²) in [5, 5.41) is 21.3. The van der Waals surface area contributed by atoms with Gasteiger partial charge in [-0.15, -0.1) is 0 Å². The Labute approximate surface area is 84.3 Å². The smallest absolute Gasteiger partial charge is 0.320 e. The molecule has 4 nitrogen and oxygen atoms in total. The van der Waals surface area contributed by atoms with Crippen molar-refractivity contribution >= 4 is 5.97 Å². The molecule has 4 heteroatoms. The molecule has 0 aromatic carbocycles. The second kappa shape index (κ2) is 4.75. The van der Waals surface area contributed by atoms with E-state index in [1.807, 2.05) is 13.8 Å². The molecule has 0 spiro atoms. The number of carboxylic acids is 1. The van der Waals surface area contributed by atoms with Gasteiger partial charge in [-0.05, 0) is 24.7 Å². The molecule has 0 aliphatic heterocycles. The van der Waals surface area contributed by atoms with Crippen molar-refractivity contribution < 1.29 is 15.0 Å². The first-order valence-electron chi connectivity index (χ1n) is 5.16. The van der Waals surface area contributed by atoms with E-state index in [-0.39, 0.29) is 11.8 Å². The van der Waals surface area contributed by atoms with Crippen molar-refractivity contribution in [2.75, 3.05) is 6.54 Å². The lowest BCUT2D eigenvalue weighted by Gasteiger charge is -2.19. The van der Waals surface area contributed by atoms with Crippen molar-refractivity contribution in [3.05, 3.63) is 0 Å². The van der Waals surface area contributed by atoms with E-state index in [0.29, 0.717) is 6.54 Å². The first-order valence-corrected chi connectivity index (χ1v) is 5.16. The molecule has 0 saturated heterocycles. The van der Waals surface area contributed by atoms with Gasteiger partial charge in [0.15, 0.2) is 0 Å². The lowest BCUT2D eigenvalue weighted by molar-refractivity contribution is -0.140. The lowest BCUT2D eigenvalue weighted by atomic mass is 10.1. The van der Waals surface area contributed by atoms with Gasteiger partial charge in [-0.1, -0.05) is 13.8 Å². The number of nitrogens with one attached hydrogen (secondary N) is 1. The number of aliphatic carboxylic acids is 1. The Balaban J connectivity index is 2.29. The number of aliphatic hydroxyl groups excluding tert-OH is 1. The molecule has 2 atom stereocenters. The van der Waals surface area contributed by atoms with E-state index in [2.05, 4.69) is 5.32 Å². The fraction of sp³-hybridized carbons (Fsp3) is 0.900. The molecule has 1 aliphatic carbocycles. The average molecular weight is 201 g/mol. The number of rotatable bonds is 6. The summed E-state index contributed by atoms with van der Waals surface area (Å²) in [5.41, 5.74) is 0. The van der Waals surface area contributed by atoms with Gasteiger partial charge < -0.3 is 15.5 Å². The van der Waals surface area contributed by atoms with Crippen LogP contribution in [0.15, 0.2) is 0 Å². The van der Waals surface area contributed by atoms with E-state index in [9.17, 15) is 9.90 Å².